The summed E-state index contributed by atoms with van der Waals surface area (Å²) in [7, 11) is 0. The summed E-state index contributed by atoms with van der Waals surface area (Å²) < 4.78 is 0. The summed E-state index contributed by atoms with van der Waals surface area (Å²) in [6, 6.07) is 8.48. The van der Waals surface area contributed by atoms with Gasteiger partial charge in [-0.3, -0.25) is 5.41 Å². The second-order valence-corrected chi connectivity index (χ2v) is 6.13. The van der Waals surface area contributed by atoms with Crippen molar-refractivity contribution in [3.63, 3.8) is 0 Å². The van der Waals surface area contributed by atoms with E-state index in [0.29, 0.717) is 25.1 Å². The predicted molar refractivity (Wildman–Crippen MR) is 110 cm³/mol. The molecule has 1 rings (SSSR count). The van der Waals surface area contributed by atoms with E-state index in [1.54, 1.807) is 0 Å². The third-order valence-electron chi connectivity index (χ3n) is 4.15. The van der Waals surface area contributed by atoms with Crippen LogP contribution >= 0.6 is 0 Å². The van der Waals surface area contributed by atoms with E-state index < -0.39 is 0 Å². The number of nitrogens with zero attached hydrogens (tertiary/aromatic N) is 1. The lowest BCUT2D eigenvalue weighted by Gasteiger charge is -2.13. The minimum absolute atomic E-state index is 0.0751. The highest BCUT2D eigenvalue weighted by atomic mass is 15.1. The molecule has 1 aromatic carbocycles. The van der Waals surface area contributed by atoms with Crippen molar-refractivity contribution < 1.29 is 0 Å². The zero-order valence-electron chi connectivity index (χ0n) is 16.3. The molecule has 0 bridgehead atoms. The molecule has 25 heavy (non-hydrogen) atoms. The molecule has 0 spiro atoms. The minimum Gasteiger partial charge on any atom is -0.387 e. The van der Waals surface area contributed by atoms with Gasteiger partial charge in [-0.1, -0.05) is 45.0 Å². The normalized spacial score (nSPS) is 10.3. The first-order valence-electron chi connectivity index (χ1n) is 9.36. The fraction of sp³-hybridized carbons (Fsp3) is 0.600. The van der Waals surface area contributed by atoms with Gasteiger partial charge in [0.25, 0.3) is 0 Å². The molecule has 0 aromatic heterocycles. The van der Waals surface area contributed by atoms with E-state index in [-0.39, 0.29) is 5.84 Å². The van der Waals surface area contributed by atoms with E-state index in [2.05, 4.69) is 49.9 Å². The van der Waals surface area contributed by atoms with E-state index in [1.807, 2.05) is 0 Å². The van der Waals surface area contributed by atoms with E-state index >= 15 is 0 Å². The summed E-state index contributed by atoms with van der Waals surface area (Å²) >= 11 is 0. The van der Waals surface area contributed by atoms with Crippen LogP contribution in [0.15, 0.2) is 24.3 Å². The molecule has 0 aliphatic carbocycles. The van der Waals surface area contributed by atoms with E-state index in [4.69, 9.17) is 22.3 Å². The Kier molecular flexibility index (Phi) is 13.6. The molecule has 6 N–H and O–H groups in total. The molecule has 0 aliphatic heterocycles. The van der Waals surface area contributed by atoms with Crippen molar-refractivity contribution >= 4 is 11.5 Å². The van der Waals surface area contributed by atoms with Crippen LogP contribution in [0.1, 0.15) is 51.2 Å². The summed E-state index contributed by atoms with van der Waals surface area (Å²) in [6.07, 6.45) is 3.83. The molecule has 5 heteroatoms. The van der Waals surface area contributed by atoms with Crippen LogP contribution in [0.25, 0.3) is 0 Å². The lowest BCUT2D eigenvalue weighted by molar-refractivity contribution is 0.321. The van der Waals surface area contributed by atoms with E-state index in [9.17, 15) is 0 Å². The molecule has 0 radical (unpaired) electrons. The second kappa shape index (κ2) is 14.6. The number of aryl methyl sites for hydroxylation is 1. The maximum atomic E-state index is 7.64. The van der Waals surface area contributed by atoms with Crippen LogP contribution in [0.2, 0.25) is 0 Å². The monoisotopic (exact) mass is 347 g/mol. The van der Waals surface area contributed by atoms with Gasteiger partial charge in [0, 0.05) is 12.1 Å². The summed E-state index contributed by atoms with van der Waals surface area (Å²) in [5.41, 5.74) is 13.9. The number of hydrogen-bond donors (Lipinski definition) is 4. The van der Waals surface area contributed by atoms with Gasteiger partial charge in [0.1, 0.15) is 0 Å². The standard InChI is InChI=1S/C14H22N4.C6H15N/c15-9-8-12-6-4-11(5-7-12)2-1-3-13(16)10-14(17)18;1-4-7(5-2)6-3/h4-7,16H,1-3,8-10,15H2,(H3,17,18);4-6H2,1-3H3. The minimum atomic E-state index is 0.0751. The molecule has 0 saturated carbocycles. The van der Waals surface area contributed by atoms with Gasteiger partial charge in [0.2, 0.25) is 0 Å². The molecule has 1 aromatic rings. The van der Waals surface area contributed by atoms with Gasteiger partial charge in [-0.15, -0.1) is 0 Å². The van der Waals surface area contributed by atoms with Gasteiger partial charge in [-0.25, -0.2) is 0 Å². The second-order valence-electron chi connectivity index (χ2n) is 6.13. The Morgan fingerprint density at radius 2 is 1.40 bits per heavy atom. The molecular weight excluding hydrogens is 310 g/mol. The summed E-state index contributed by atoms with van der Waals surface area (Å²) in [5.74, 6) is 0.0751. The van der Waals surface area contributed by atoms with Gasteiger partial charge in [-0.2, -0.15) is 0 Å². The molecule has 0 amide bonds. The van der Waals surface area contributed by atoms with Crippen LogP contribution in [0, 0.1) is 10.8 Å². The van der Waals surface area contributed by atoms with Crippen LogP contribution < -0.4 is 11.5 Å². The Morgan fingerprint density at radius 3 is 1.76 bits per heavy atom. The predicted octanol–water partition coefficient (Wildman–Crippen LogP) is 3.20. The SMILES string of the molecule is CCN(CC)CC.N=C(N)CC(=N)CCCc1ccc(CCN)cc1. The molecule has 0 atom stereocenters. The molecule has 5 nitrogen and oxygen atoms in total. The molecule has 0 saturated heterocycles. The van der Waals surface area contributed by atoms with Gasteiger partial charge in [0.15, 0.2) is 0 Å². The summed E-state index contributed by atoms with van der Waals surface area (Å²) in [6.45, 7) is 10.8. The van der Waals surface area contributed by atoms with Crippen LogP contribution in [0.4, 0.5) is 0 Å². The van der Waals surface area contributed by atoms with Gasteiger partial charge in [0.05, 0.1) is 5.84 Å². The Morgan fingerprint density at radius 1 is 0.920 bits per heavy atom. The van der Waals surface area contributed by atoms with Gasteiger partial charge >= 0.3 is 0 Å². The van der Waals surface area contributed by atoms with Gasteiger partial charge < -0.3 is 21.8 Å². The first-order chi connectivity index (χ1) is 12.0. The Labute approximate surface area is 153 Å². The summed E-state index contributed by atoms with van der Waals surface area (Å²) in [5, 5.41) is 14.8. The van der Waals surface area contributed by atoms with Crippen molar-refractivity contribution in [2.24, 2.45) is 11.5 Å². The zero-order valence-corrected chi connectivity index (χ0v) is 16.3. The average Bonchev–Trinajstić information content (AvgIpc) is 2.58. The van der Waals surface area contributed by atoms with Crippen molar-refractivity contribution in [3.05, 3.63) is 35.4 Å². The Bertz CT molecular complexity index is 472. The molecule has 0 fully saturated rings. The number of benzene rings is 1. The fourth-order valence-electron chi connectivity index (χ4n) is 2.53. The van der Waals surface area contributed by atoms with E-state index in [0.717, 1.165) is 19.3 Å². The highest BCUT2D eigenvalue weighted by Crippen LogP contribution is 2.09. The first kappa shape index (κ1) is 23.3. The molecule has 142 valence electrons. The van der Waals surface area contributed by atoms with Crippen molar-refractivity contribution in [3.8, 4) is 0 Å². The molecular formula is C20H37N5. The Hall–Kier alpha value is -1.72. The molecule has 0 aliphatic rings. The van der Waals surface area contributed by atoms with Crippen LogP contribution in [-0.2, 0) is 12.8 Å². The van der Waals surface area contributed by atoms with Gasteiger partial charge in [-0.05, 0) is 63.0 Å². The van der Waals surface area contributed by atoms with Crippen LogP contribution in [0.3, 0.4) is 0 Å². The lowest BCUT2D eigenvalue weighted by atomic mass is 10.0. The number of nitrogens with two attached hydrogens (primary N) is 2. The lowest BCUT2D eigenvalue weighted by Crippen LogP contribution is -2.21. The largest absolute Gasteiger partial charge is 0.387 e. The van der Waals surface area contributed by atoms with Crippen LogP contribution in [-0.4, -0.2) is 42.6 Å². The quantitative estimate of drug-likeness (QED) is 0.365. The fourth-order valence-corrected chi connectivity index (χ4v) is 2.53. The van der Waals surface area contributed by atoms with Crippen molar-refractivity contribution in [2.45, 2.75) is 52.9 Å². The first-order valence-corrected chi connectivity index (χ1v) is 9.36. The summed E-state index contributed by atoms with van der Waals surface area (Å²) in [4.78, 5) is 2.38. The topological polar surface area (TPSA) is 103 Å². The molecule has 0 unspecified atom stereocenters. The maximum absolute atomic E-state index is 7.64. The van der Waals surface area contributed by atoms with Crippen molar-refractivity contribution in [2.75, 3.05) is 26.2 Å². The number of nitrogens with one attached hydrogen (secondary N) is 2. The number of amidine groups is 1. The van der Waals surface area contributed by atoms with Crippen molar-refractivity contribution in [1.29, 1.82) is 10.8 Å². The van der Waals surface area contributed by atoms with Crippen molar-refractivity contribution in [1.82, 2.24) is 4.90 Å². The highest BCUT2D eigenvalue weighted by Gasteiger charge is 2.00. The Balaban J connectivity index is 0.000000697. The van der Waals surface area contributed by atoms with Crippen LogP contribution in [0.5, 0.6) is 0 Å². The zero-order chi connectivity index (χ0) is 19.1. The third kappa shape index (κ3) is 12.3. The maximum Gasteiger partial charge on any atom is 0.0962 e. The number of hydrogen-bond acceptors (Lipinski definition) is 4. The highest BCUT2D eigenvalue weighted by molar-refractivity contribution is 5.99. The molecule has 0 heterocycles. The average molecular weight is 348 g/mol. The number of rotatable bonds is 11. The smallest absolute Gasteiger partial charge is 0.0962 e. The third-order valence-corrected chi connectivity index (χ3v) is 4.15. The van der Waals surface area contributed by atoms with E-state index in [1.165, 1.54) is 30.8 Å².